The Morgan fingerprint density at radius 2 is 2.47 bits per heavy atom. The molecule has 19 heavy (non-hydrogen) atoms. The van der Waals surface area contributed by atoms with Crippen LogP contribution in [0.4, 0.5) is 0 Å². The van der Waals surface area contributed by atoms with Crippen molar-refractivity contribution in [2.24, 2.45) is 7.05 Å². The fourth-order valence-corrected chi connectivity index (χ4v) is 3.89. The van der Waals surface area contributed by atoms with Crippen LogP contribution in [0.15, 0.2) is 16.9 Å². The maximum absolute atomic E-state index is 4.38. The second-order valence-corrected chi connectivity index (χ2v) is 6.61. The summed E-state index contributed by atoms with van der Waals surface area (Å²) in [5, 5.41) is 13.1. The van der Waals surface area contributed by atoms with Gasteiger partial charge in [-0.25, -0.2) is 0 Å². The molecule has 3 rings (SSSR count). The van der Waals surface area contributed by atoms with Crippen LogP contribution in [0.2, 0.25) is 0 Å². The molecule has 0 unspecified atom stereocenters. The molecule has 1 aliphatic rings. The Morgan fingerprint density at radius 3 is 3.21 bits per heavy atom. The highest BCUT2D eigenvalue weighted by atomic mass is 32.2. The third-order valence-corrected chi connectivity index (χ3v) is 5.39. The van der Waals surface area contributed by atoms with Gasteiger partial charge < -0.3 is 9.88 Å². The van der Waals surface area contributed by atoms with Crippen molar-refractivity contribution in [2.45, 2.75) is 29.7 Å². The summed E-state index contributed by atoms with van der Waals surface area (Å²) in [6, 6.07) is 0. The SMILES string of the molecule is Cn1c(SCc2cncs2)nnc1[C@H]1CCCNC1. The fourth-order valence-electron chi connectivity index (χ4n) is 2.33. The van der Waals surface area contributed by atoms with Gasteiger partial charge in [-0.15, -0.1) is 21.5 Å². The Labute approximate surface area is 120 Å². The molecule has 1 fully saturated rings. The lowest BCUT2D eigenvalue weighted by molar-refractivity contribution is 0.436. The van der Waals surface area contributed by atoms with Gasteiger partial charge in [0.15, 0.2) is 5.16 Å². The zero-order valence-corrected chi connectivity index (χ0v) is 12.5. The molecular formula is C12H17N5S2. The van der Waals surface area contributed by atoms with E-state index in [1.165, 1.54) is 17.7 Å². The van der Waals surface area contributed by atoms with E-state index >= 15 is 0 Å². The second-order valence-electron chi connectivity index (χ2n) is 4.70. The Bertz CT molecular complexity index is 516. The van der Waals surface area contributed by atoms with Crippen LogP contribution in [-0.4, -0.2) is 32.8 Å². The van der Waals surface area contributed by atoms with Gasteiger partial charge in [0.05, 0.1) is 5.51 Å². The van der Waals surface area contributed by atoms with Crippen LogP contribution < -0.4 is 5.32 Å². The Morgan fingerprint density at radius 1 is 1.53 bits per heavy atom. The van der Waals surface area contributed by atoms with Gasteiger partial charge in [0.25, 0.3) is 0 Å². The predicted molar refractivity (Wildman–Crippen MR) is 77.5 cm³/mol. The molecule has 5 nitrogen and oxygen atoms in total. The molecule has 0 saturated carbocycles. The van der Waals surface area contributed by atoms with Gasteiger partial charge in [0.1, 0.15) is 5.82 Å². The van der Waals surface area contributed by atoms with Gasteiger partial charge in [-0.2, -0.15) is 0 Å². The van der Waals surface area contributed by atoms with Gasteiger partial charge in [-0.1, -0.05) is 11.8 Å². The van der Waals surface area contributed by atoms with Crippen LogP contribution in [0.1, 0.15) is 29.5 Å². The number of aromatic nitrogens is 4. The molecule has 3 heterocycles. The average molecular weight is 295 g/mol. The van der Waals surface area contributed by atoms with E-state index in [-0.39, 0.29) is 0 Å². The maximum Gasteiger partial charge on any atom is 0.191 e. The number of hydrogen-bond acceptors (Lipinski definition) is 6. The summed E-state index contributed by atoms with van der Waals surface area (Å²) in [5.74, 6) is 2.53. The molecule has 102 valence electrons. The zero-order valence-electron chi connectivity index (χ0n) is 10.9. The van der Waals surface area contributed by atoms with Gasteiger partial charge >= 0.3 is 0 Å². The van der Waals surface area contributed by atoms with Gasteiger partial charge in [-0.05, 0) is 19.4 Å². The smallest absolute Gasteiger partial charge is 0.191 e. The molecule has 1 atom stereocenters. The van der Waals surface area contributed by atoms with E-state index in [0.717, 1.165) is 29.8 Å². The normalized spacial score (nSPS) is 19.7. The number of rotatable bonds is 4. The summed E-state index contributed by atoms with van der Waals surface area (Å²) in [6.45, 7) is 2.15. The van der Waals surface area contributed by atoms with E-state index in [0.29, 0.717) is 5.92 Å². The third kappa shape index (κ3) is 2.98. The van der Waals surface area contributed by atoms with Crippen LogP contribution in [0.25, 0.3) is 0 Å². The highest BCUT2D eigenvalue weighted by molar-refractivity contribution is 7.98. The van der Waals surface area contributed by atoms with Crippen molar-refractivity contribution in [3.8, 4) is 0 Å². The summed E-state index contributed by atoms with van der Waals surface area (Å²) in [6.07, 6.45) is 4.35. The van der Waals surface area contributed by atoms with Crippen LogP contribution in [0.5, 0.6) is 0 Å². The first kappa shape index (κ1) is 13.1. The molecule has 0 amide bonds. The summed E-state index contributed by atoms with van der Waals surface area (Å²) >= 11 is 3.41. The molecule has 1 saturated heterocycles. The third-order valence-electron chi connectivity index (χ3n) is 3.36. The Balaban J connectivity index is 1.67. The van der Waals surface area contributed by atoms with Gasteiger partial charge in [0, 0.05) is 36.3 Å². The van der Waals surface area contributed by atoms with E-state index < -0.39 is 0 Å². The van der Waals surface area contributed by atoms with Crippen LogP contribution in [0.3, 0.4) is 0 Å². The Kier molecular flexibility index (Phi) is 4.15. The van der Waals surface area contributed by atoms with Crippen molar-refractivity contribution in [3.63, 3.8) is 0 Å². The van der Waals surface area contributed by atoms with E-state index in [1.807, 2.05) is 11.7 Å². The largest absolute Gasteiger partial charge is 0.316 e. The van der Waals surface area contributed by atoms with Crippen LogP contribution >= 0.6 is 23.1 Å². The molecule has 0 aliphatic carbocycles. The van der Waals surface area contributed by atoms with Crippen molar-refractivity contribution >= 4 is 23.1 Å². The quantitative estimate of drug-likeness (QED) is 0.875. The predicted octanol–water partition coefficient (Wildman–Crippen LogP) is 2.03. The van der Waals surface area contributed by atoms with Gasteiger partial charge in [0.2, 0.25) is 0 Å². The highest BCUT2D eigenvalue weighted by Crippen LogP contribution is 2.27. The minimum atomic E-state index is 0.504. The minimum Gasteiger partial charge on any atom is -0.316 e. The van der Waals surface area contributed by atoms with Crippen molar-refractivity contribution in [1.82, 2.24) is 25.1 Å². The summed E-state index contributed by atoms with van der Waals surface area (Å²) < 4.78 is 2.14. The van der Waals surface area contributed by atoms with E-state index in [2.05, 4.69) is 32.1 Å². The molecule has 1 N–H and O–H groups in total. The first-order chi connectivity index (χ1) is 9.34. The zero-order chi connectivity index (χ0) is 13.1. The molecule has 0 bridgehead atoms. The summed E-state index contributed by atoms with van der Waals surface area (Å²) in [5.41, 5.74) is 1.87. The first-order valence-electron chi connectivity index (χ1n) is 6.45. The average Bonchev–Trinajstić information content (AvgIpc) is 3.07. The molecule has 2 aromatic rings. The van der Waals surface area contributed by atoms with Crippen LogP contribution in [-0.2, 0) is 12.8 Å². The lowest BCUT2D eigenvalue weighted by atomic mass is 9.99. The molecule has 0 spiro atoms. The monoisotopic (exact) mass is 295 g/mol. The molecule has 1 aliphatic heterocycles. The van der Waals surface area contributed by atoms with Crippen molar-refractivity contribution in [1.29, 1.82) is 0 Å². The van der Waals surface area contributed by atoms with E-state index in [1.54, 1.807) is 23.1 Å². The molecule has 2 aromatic heterocycles. The summed E-state index contributed by atoms with van der Waals surface area (Å²) in [4.78, 5) is 5.36. The second kappa shape index (κ2) is 6.02. The number of hydrogen-bond donors (Lipinski definition) is 1. The number of piperidine rings is 1. The van der Waals surface area contributed by atoms with Crippen LogP contribution in [0, 0.1) is 0 Å². The number of nitrogens with one attached hydrogen (secondary N) is 1. The lowest BCUT2D eigenvalue weighted by Gasteiger charge is -2.21. The lowest BCUT2D eigenvalue weighted by Crippen LogP contribution is -2.29. The number of thioether (sulfide) groups is 1. The Hall–Kier alpha value is -0.920. The van der Waals surface area contributed by atoms with Gasteiger partial charge in [-0.3, -0.25) is 4.98 Å². The van der Waals surface area contributed by atoms with Crippen molar-refractivity contribution in [3.05, 3.63) is 22.4 Å². The van der Waals surface area contributed by atoms with Crippen molar-refractivity contribution < 1.29 is 0 Å². The summed E-state index contributed by atoms with van der Waals surface area (Å²) in [7, 11) is 2.07. The van der Waals surface area contributed by atoms with Crippen molar-refractivity contribution in [2.75, 3.05) is 13.1 Å². The standard InChI is InChI=1S/C12H17N5S2/c1-17-11(9-3-2-4-13-5-9)15-16-12(17)18-7-10-6-14-8-19-10/h6,8-9,13H,2-5,7H2,1H3/t9-/m0/s1. The molecule has 7 heteroatoms. The number of thiazole rings is 1. The first-order valence-corrected chi connectivity index (χ1v) is 8.31. The minimum absolute atomic E-state index is 0.504. The fraction of sp³-hybridized carbons (Fsp3) is 0.583. The maximum atomic E-state index is 4.38. The number of nitrogens with zero attached hydrogens (tertiary/aromatic N) is 4. The topological polar surface area (TPSA) is 55.6 Å². The highest BCUT2D eigenvalue weighted by Gasteiger charge is 2.21. The van der Waals surface area contributed by atoms with E-state index in [9.17, 15) is 0 Å². The molecule has 0 radical (unpaired) electrons. The van der Waals surface area contributed by atoms with E-state index in [4.69, 9.17) is 0 Å². The molecule has 0 aromatic carbocycles. The molecular weight excluding hydrogens is 278 g/mol.